The van der Waals surface area contributed by atoms with Gasteiger partial charge in [0.2, 0.25) is 0 Å². The topological polar surface area (TPSA) is 60.4 Å². The maximum Gasteiger partial charge on any atom is 0.298 e. The van der Waals surface area contributed by atoms with E-state index in [-0.39, 0.29) is 4.90 Å². The largest absolute Gasteiger partial charge is 0.298 e. The van der Waals surface area contributed by atoms with Crippen molar-refractivity contribution in [2.24, 2.45) is 0 Å². The summed E-state index contributed by atoms with van der Waals surface area (Å²) in [5, 5.41) is 0.406. The summed E-state index contributed by atoms with van der Waals surface area (Å²) in [5.41, 5.74) is 0.826. The van der Waals surface area contributed by atoms with Crippen LogP contribution in [0.3, 0.4) is 0 Å². The van der Waals surface area contributed by atoms with Crippen molar-refractivity contribution in [1.82, 2.24) is 0 Å². The van der Waals surface area contributed by atoms with E-state index in [1.165, 1.54) is 24.3 Å². The predicted molar refractivity (Wildman–Crippen MR) is 99.7 cm³/mol. The van der Waals surface area contributed by atoms with E-state index in [1.807, 2.05) is 0 Å². The third-order valence-corrected chi connectivity index (χ3v) is 5.27. The zero-order valence-electron chi connectivity index (χ0n) is 13.6. The molecule has 0 spiro atoms. The van der Waals surface area contributed by atoms with E-state index in [2.05, 4.69) is 0 Å². The zero-order chi connectivity index (χ0) is 18.6. The fourth-order valence-corrected chi connectivity index (χ4v) is 3.57. The Kier molecular flexibility index (Phi) is 5.52. The number of carbonyl (C=O) groups excluding carboxylic acids is 1. The Bertz CT molecular complexity index is 985. The normalized spacial score (nSPS) is 12.5. The third kappa shape index (κ3) is 4.19. The van der Waals surface area contributed by atoms with Gasteiger partial charge in [-0.2, -0.15) is 8.42 Å². The second-order valence-corrected chi connectivity index (χ2v) is 7.53. The van der Waals surface area contributed by atoms with Crippen LogP contribution < -0.4 is 0 Å². The van der Waals surface area contributed by atoms with Crippen LogP contribution in [0.5, 0.6) is 0 Å². The molecule has 3 rings (SSSR count). The van der Waals surface area contributed by atoms with E-state index >= 15 is 0 Å². The second kappa shape index (κ2) is 7.83. The Morgan fingerprint density at radius 1 is 0.808 bits per heavy atom. The summed E-state index contributed by atoms with van der Waals surface area (Å²) >= 11 is 5.80. The van der Waals surface area contributed by atoms with E-state index in [1.54, 1.807) is 60.7 Å². The maximum atomic E-state index is 12.9. The molecule has 3 aromatic carbocycles. The van der Waals surface area contributed by atoms with Crippen molar-refractivity contribution in [3.8, 4) is 0 Å². The number of carbonyl (C=O) groups is 1. The van der Waals surface area contributed by atoms with Crippen molar-refractivity contribution < 1.29 is 17.4 Å². The van der Waals surface area contributed by atoms with Crippen molar-refractivity contribution in [1.29, 1.82) is 0 Å². The molecule has 0 aliphatic rings. The lowest BCUT2D eigenvalue weighted by Gasteiger charge is -2.17. The van der Waals surface area contributed by atoms with Gasteiger partial charge in [-0.25, -0.2) is 4.18 Å². The summed E-state index contributed by atoms with van der Waals surface area (Å²) < 4.78 is 30.6. The molecule has 0 N–H and O–H groups in total. The van der Waals surface area contributed by atoms with Crippen LogP contribution in [0.4, 0.5) is 0 Å². The van der Waals surface area contributed by atoms with Crippen LogP contribution >= 0.6 is 11.6 Å². The zero-order valence-corrected chi connectivity index (χ0v) is 15.2. The highest BCUT2D eigenvalue weighted by Gasteiger charge is 2.29. The molecule has 4 nitrogen and oxygen atoms in total. The minimum atomic E-state index is -4.16. The molecule has 0 bridgehead atoms. The third-order valence-electron chi connectivity index (χ3n) is 3.72. The van der Waals surface area contributed by atoms with E-state index in [0.29, 0.717) is 16.1 Å². The molecule has 0 fully saturated rings. The lowest BCUT2D eigenvalue weighted by atomic mass is 10.0. The Morgan fingerprint density at radius 3 is 1.92 bits per heavy atom. The minimum Gasteiger partial charge on any atom is -0.291 e. The number of rotatable bonds is 6. The Labute approximate surface area is 157 Å². The van der Waals surface area contributed by atoms with Crippen LogP contribution in [0, 0.1) is 0 Å². The van der Waals surface area contributed by atoms with Gasteiger partial charge in [0.25, 0.3) is 10.1 Å². The highest BCUT2D eigenvalue weighted by molar-refractivity contribution is 7.86. The first kappa shape index (κ1) is 18.3. The Morgan fingerprint density at radius 2 is 1.35 bits per heavy atom. The molecule has 0 aliphatic carbocycles. The molecule has 6 heteroatoms. The molecule has 0 saturated heterocycles. The van der Waals surface area contributed by atoms with Gasteiger partial charge < -0.3 is 0 Å². The maximum absolute atomic E-state index is 12.9. The van der Waals surface area contributed by atoms with Gasteiger partial charge in [-0.15, -0.1) is 0 Å². The average molecular weight is 387 g/mol. The SMILES string of the molecule is O=C(c1ccccc1)C(OS(=O)(=O)c1ccc(Cl)cc1)c1ccccc1. The van der Waals surface area contributed by atoms with Crippen molar-refractivity contribution in [2.75, 3.05) is 0 Å². The first-order valence-electron chi connectivity index (χ1n) is 7.80. The van der Waals surface area contributed by atoms with Crippen LogP contribution in [0.1, 0.15) is 22.0 Å². The highest BCUT2D eigenvalue weighted by atomic mass is 35.5. The molecule has 26 heavy (non-hydrogen) atoms. The summed E-state index contributed by atoms with van der Waals surface area (Å²) in [5.74, 6) is -0.436. The molecule has 0 aromatic heterocycles. The van der Waals surface area contributed by atoms with Gasteiger partial charge in [0.1, 0.15) is 0 Å². The summed E-state index contributed by atoms with van der Waals surface area (Å²) in [6.07, 6.45) is -1.28. The highest BCUT2D eigenvalue weighted by Crippen LogP contribution is 2.28. The Hall–Kier alpha value is -2.47. The van der Waals surface area contributed by atoms with E-state index in [4.69, 9.17) is 15.8 Å². The predicted octanol–water partition coefficient (Wildman–Crippen LogP) is 4.67. The average Bonchev–Trinajstić information content (AvgIpc) is 2.67. The number of ketones is 1. The number of hydrogen-bond acceptors (Lipinski definition) is 4. The lowest BCUT2D eigenvalue weighted by Crippen LogP contribution is -2.20. The monoisotopic (exact) mass is 386 g/mol. The van der Waals surface area contributed by atoms with Gasteiger partial charge in [0.15, 0.2) is 11.9 Å². The fraction of sp³-hybridized carbons (Fsp3) is 0.0500. The number of halogens is 1. The van der Waals surface area contributed by atoms with Crippen LogP contribution in [0.25, 0.3) is 0 Å². The molecular weight excluding hydrogens is 372 g/mol. The van der Waals surface area contributed by atoms with E-state index in [9.17, 15) is 13.2 Å². The molecule has 0 radical (unpaired) electrons. The van der Waals surface area contributed by atoms with Gasteiger partial charge >= 0.3 is 0 Å². The van der Waals surface area contributed by atoms with Crippen LogP contribution in [-0.2, 0) is 14.3 Å². The van der Waals surface area contributed by atoms with Gasteiger partial charge in [-0.05, 0) is 29.8 Å². The molecule has 0 heterocycles. The van der Waals surface area contributed by atoms with Gasteiger partial charge in [0, 0.05) is 10.6 Å². The number of Topliss-reactive ketones (excluding diaryl/α,β-unsaturated/α-hetero) is 1. The molecule has 0 aliphatic heterocycles. The van der Waals surface area contributed by atoms with E-state index in [0.717, 1.165) is 0 Å². The second-order valence-electron chi connectivity index (χ2n) is 5.53. The molecule has 1 unspecified atom stereocenters. The number of benzene rings is 3. The van der Waals surface area contributed by atoms with Gasteiger partial charge in [-0.3, -0.25) is 4.79 Å². The molecule has 132 valence electrons. The quantitative estimate of drug-likeness (QED) is 0.456. The number of hydrogen-bond donors (Lipinski definition) is 0. The van der Waals surface area contributed by atoms with Crippen molar-refractivity contribution in [2.45, 2.75) is 11.0 Å². The molecule has 1 atom stereocenters. The minimum absolute atomic E-state index is 0.0660. The van der Waals surface area contributed by atoms with Crippen LogP contribution in [0.15, 0.2) is 89.8 Å². The van der Waals surface area contributed by atoms with Crippen molar-refractivity contribution in [3.63, 3.8) is 0 Å². The van der Waals surface area contributed by atoms with Gasteiger partial charge in [0.05, 0.1) is 4.90 Å². The van der Waals surface area contributed by atoms with Crippen LogP contribution in [-0.4, -0.2) is 14.2 Å². The summed E-state index contributed by atoms with van der Waals surface area (Å²) in [6, 6.07) is 22.6. The summed E-state index contributed by atoms with van der Waals surface area (Å²) in [6.45, 7) is 0. The smallest absolute Gasteiger partial charge is 0.291 e. The molecule has 0 amide bonds. The van der Waals surface area contributed by atoms with Crippen LogP contribution in [0.2, 0.25) is 5.02 Å². The molecule has 0 saturated carbocycles. The van der Waals surface area contributed by atoms with E-state index < -0.39 is 22.0 Å². The first-order valence-corrected chi connectivity index (χ1v) is 9.59. The molecule has 3 aromatic rings. The van der Waals surface area contributed by atoms with Crippen molar-refractivity contribution in [3.05, 3.63) is 101 Å². The first-order chi connectivity index (χ1) is 12.5. The summed E-state index contributed by atoms with van der Waals surface area (Å²) in [4.78, 5) is 12.8. The van der Waals surface area contributed by atoms with Crippen molar-refractivity contribution >= 4 is 27.5 Å². The van der Waals surface area contributed by atoms with Gasteiger partial charge in [-0.1, -0.05) is 72.3 Å². The molecular formula is C20H15ClO4S. The summed E-state index contributed by atoms with van der Waals surface area (Å²) in [7, 11) is -4.16. The fourth-order valence-electron chi connectivity index (χ4n) is 2.42. The lowest BCUT2D eigenvalue weighted by molar-refractivity contribution is 0.0801. The Balaban J connectivity index is 1.99. The standard InChI is InChI=1S/C20H15ClO4S/c21-17-11-13-18(14-12-17)26(23,24)25-20(16-9-5-2-6-10-16)19(22)15-7-3-1-4-8-15/h1-14,20H.